The number of aromatic amines is 1. The highest BCUT2D eigenvalue weighted by atomic mass is 32.2. The molecule has 0 saturated carbocycles. The summed E-state index contributed by atoms with van der Waals surface area (Å²) in [5.41, 5.74) is 2.28. The van der Waals surface area contributed by atoms with Crippen LogP contribution in [0.15, 0.2) is 63.9 Å². The lowest BCUT2D eigenvalue weighted by atomic mass is 9.82. The Labute approximate surface area is 191 Å². The Morgan fingerprint density at radius 1 is 1.18 bits per heavy atom. The van der Waals surface area contributed by atoms with Crippen LogP contribution in [0.5, 0.6) is 0 Å². The van der Waals surface area contributed by atoms with E-state index in [1.165, 1.54) is 0 Å². The van der Waals surface area contributed by atoms with E-state index in [1.807, 2.05) is 18.2 Å². The summed E-state index contributed by atoms with van der Waals surface area (Å²) < 4.78 is 36.2. The molecule has 2 atom stereocenters. The van der Waals surface area contributed by atoms with Crippen molar-refractivity contribution in [3.8, 4) is 0 Å². The van der Waals surface area contributed by atoms with Gasteiger partial charge in [-0.1, -0.05) is 54.6 Å². The minimum absolute atomic E-state index is 0.0164. The van der Waals surface area contributed by atoms with Crippen LogP contribution in [0.4, 0.5) is 10.7 Å². The van der Waals surface area contributed by atoms with Crippen molar-refractivity contribution >= 4 is 21.1 Å². The topological polar surface area (TPSA) is 123 Å². The van der Waals surface area contributed by atoms with E-state index in [1.54, 1.807) is 48.3 Å². The molecular formula is C23H25N3O6S. The van der Waals surface area contributed by atoms with Crippen LogP contribution < -0.4 is 10.7 Å². The molecule has 0 aliphatic heterocycles. The molecule has 1 aliphatic carbocycles. The van der Waals surface area contributed by atoms with Crippen molar-refractivity contribution in [2.45, 2.75) is 31.1 Å². The number of nitrogens with zero attached hydrogens (tertiary/aromatic N) is 2. The van der Waals surface area contributed by atoms with E-state index in [0.29, 0.717) is 37.3 Å². The molecule has 1 N–H and O–H groups in total. The Morgan fingerprint density at radius 2 is 1.91 bits per heavy atom. The molecule has 0 amide bonds. The molecular weight excluding hydrogens is 446 g/mol. The first-order valence-corrected chi connectivity index (χ1v) is 12.2. The van der Waals surface area contributed by atoms with Crippen LogP contribution in [0.25, 0.3) is 0 Å². The number of H-pyrrole nitrogens is 1. The summed E-state index contributed by atoms with van der Waals surface area (Å²) in [5, 5.41) is 1.49. The monoisotopic (exact) mass is 471 g/mol. The Morgan fingerprint density at radius 3 is 2.64 bits per heavy atom. The second-order valence-corrected chi connectivity index (χ2v) is 10.2. The highest BCUT2D eigenvalue weighted by molar-refractivity contribution is 8.05. The van der Waals surface area contributed by atoms with E-state index >= 15 is 0 Å². The van der Waals surface area contributed by atoms with Crippen LogP contribution in [0.3, 0.4) is 0 Å². The average molecular weight is 472 g/mol. The molecule has 1 aromatic heterocycles. The number of hydrogen-bond acceptors (Lipinski definition) is 8. The van der Waals surface area contributed by atoms with Gasteiger partial charge in [-0.25, -0.2) is 18.0 Å². The second-order valence-electron chi connectivity index (χ2n) is 8.19. The SMILES string of the molecule is CN(CC[C@@H]1Cc2ccccc2C(S(=O)(=O)C(=O)OCc2ccccc2)C1)c1noc(=O)[nH]1. The predicted molar refractivity (Wildman–Crippen MR) is 122 cm³/mol. The van der Waals surface area contributed by atoms with E-state index in [2.05, 4.69) is 14.7 Å². The summed E-state index contributed by atoms with van der Waals surface area (Å²) in [7, 11) is -2.45. The number of rotatable bonds is 7. The summed E-state index contributed by atoms with van der Waals surface area (Å²) >= 11 is 0. The zero-order chi connectivity index (χ0) is 23.4. The highest BCUT2D eigenvalue weighted by Crippen LogP contribution is 2.40. The lowest BCUT2D eigenvalue weighted by Gasteiger charge is -2.31. The van der Waals surface area contributed by atoms with Crippen molar-refractivity contribution in [3.05, 3.63) is 81.8 Å². The number of benzene rings is 2. The Hall–Kier alpha value is -3.40. The lowest BCUT2D eigenvalue weighted by molar-refractivity contribution is 0.165. The van der Waals surface area contributed by atoms with Gasteiger partial charge in [0.15, 0.2) is 0 Å². The molecule has 1 heterocycles. The van der Waals surface area contributed by atoms with E-state index in [4.69, 9.17) is 4.74 Å². The fraction of sp³-hybridized carbons (Fsp3) is 0.348. The van der Waals surface area contributed by atoms with Gasteiger partial charge in [0.1, 0.15) is 6.61 Å². The molecule has 1 aliphatic rings. The zero-order valence-electron chi connectivity index (χ0n) is 18.1. The molecule has 9 nitrogen and oxygen atoms in total. The Balaban J connectivity index is 1.48. The maximum Gasteiger partial charge on any atom is 0.440 e. The van der Waals surface area contributed by atoms with Crippen LogP contribution in [-0.2, 0) is 27.6 Å². The molecule has 0 saturated heterocycles. The van der Waals surface area contributed by atoms with E-state index in [-0.39, 0.29) is 12.5 Å². The molecule has 33 heavy (non-hydrogen) atoms. The maximum atomic E-state index is 13.2. The Kier molecular flexibility index (Phi) is 6.64. The summed E-state index contributed by atoms with van der Waals surface area (Å²) in [4.78, 5) is 28.0. The van der Waals surface area contributed by atoms with Crippen LogP contribution in [0, 0.1) is 5.92 Å². The number of hydrogen-bond donors (Lipinski definition) is 1. The van der Waals surface area contributed by atoms with Gasteiger partial charge in [0.05, 0.1) is 5.25 Å². The minimum atomic E-state index is -4.22. The van der Waals surface area contributed by atoms with Gasteiger partial charge in [0, 0.05) is 13.6 Å². The first kappa shape index (κ1) is 22.8. The fourth-order valence-electron chi connectivity index (χ4n) is 4.16. The van der Waals surface area contributed by atoms with Crippen LogP contribution >= 0.6 is 0 Å². The molecule has 2 aromatic carbocycles. The van der Waals surface area contributed by atoms with Gasteiger partial charge in [-0.05, 0) is 47.0 Å². The number of fused-ring (bicyclic) bond motifs is 1. The number of aromatic nitrogens is 2. The second kappa shape index (κ2) is 9.62. The third kappa shape index (κ3) is 5.16. The molecule has 174 valence electrons. The number of sulfone groups is 1. The summed E-state index contributed by atoms with van der Waals surface area (Å²) in [6.45, 7) is 0.428. The quantitative estimate of drug-likeness (QED) is 0.521. The first-order chi connectivity index (χ1) is 15.8. The van der Waals surface area contributed by atoms with E-state index in [9.17, 15) is 18.0 Å². The standard InChI is InChI=1S/C23H25N3O6S/c1-26(21-24-22(27)32-25-21)12-11-17-13-18-9-5-6-10-19(18)20(14-17)33(29,30)23(28)31-15-16-7-3-2-4-8-16/h2-10,17,20H,11-15H2,1H3,(H,24,25,27)/t17-,20?/m1/s1. The normalized spacial score (nSPS) is 17.8. The van der Waals surface area contributed by atoms with Crippen molar-refractivity contribution in [2.75, 3.05) is 18.5 Å². The third-order valence-electron chi connectivity index (χ3n) is 5.93. The van der Waals surface area contributed by atoms with Crippen molar-refractivity contribution < 1.29 is 22.5 Å². The van der Waals surface area contributed by atoms with Gasteiger partial charge in [0.25, 0.3) is 9.84 Å². The van der Waals surface area contributed by atoms with Crippen molar-refractivity contribution in [1.82, 2.24) is 10.1 Å². The predicted octanol–water partition coefficient (Wildman–Crippen LogP) is 3.24. The van der Waals surface area contributed by atoms with Crippen LogP contribution in [-0.4, -0.2) is 37.5 Å². The van der Waals surface area contributed by atoms with Crippen molar-refractivity contribution in [3.63, 3.8) is 0 Å². The van der Waals surface area contributed by atoms with E-state index in [0.717, 1.165) is 11.1 Å². The van der Waals surface area contributed by atoms with Crippen LogP contribution in [0.2, 0.25) is 0 Å². The molecule has 0 radical (unpaired) electrons. The van der Waals surface area contributed by atoms with Crippen molar-refractivity contribution in [1.29, 1.82) is 0 Å². The van der Waals surface area contributed by atoms with Gasteiger partial charge in [-0.3, -0.25) is 9.51 Å². The van der Waals surface area contributed by atoms with E-state index < -0.39 is 26.1 Å². The highest BCUT2D eigenvalue weighted by Gasteiger charge is 2.41. The van der Waals surface area contributed by atoms with Crippen LogP contribution in [0.1, 0.15) is 34.8 Å². The Bertz CT molecular complexity index is 1270. The average Bonchev–Trinajstić information content (AvgIpc) is 3.27. The number of nitrogens with one attached hydrogen (secondary N) is 1. The largest absolute Gasteiger partial charge is 0.449 e. The summed E-state index contributed by atoms with van der Waals surface area (Å²) in [6, 6.07) is 16.3. The summed E-state index contributed by atoms with van der Waals surface area (Å²) in [6.07, 6.45) is 1.65. The third-order valence-corrected chi connectivity index (χ3v) is 7.71. The zero-order valence-corrected chi connectivity index (χ0v) is 19.0. The number of ether oxygens (including phenoxy) is 1. The molecule has 0 fully saturated rings. The first-order valence-electron chi connectivity index (χ1n) is 10.6. The van der Waals surface area contributed by atoms with Gasteiger partial charge >= 0.3 is 11.1 Å². The molecule has 0 spiro atoms. The van der Waals surface area contributed by atoms with Gasteiger partial charge in [0.2, 0.25) is 5.95 Å². The number of carbonyl (C=O) groups excluding carboxylic acids is 1. The van der Waals surface area contributed by atoms with Gasteiger partial charge in [-0.2, -0.15) is 0 Å². The number of anilines is 1. The molecule has 10 heteroatoms. The maximum absolute atomic E-state index is 13.2. The molecule has 1 unspecified atom stereocenters. The smallest absolute Gasteiger partial charge is 0.440 e. The minimum Gasteiger partial charge on any atom is -0.449 e. The molecule has 4 rings (SSSR count). The fourth-order valence-corrected chi connectivity index (χ4v) is 5.70. The summed E-state index contributed by atoms with van der Waals surface area (Å²) in [5.74, 6) is -0.309. The van der Waals surface area contributed by atoms with Gasteiger partial charge < -0.3 is 9.64 Å². The molecule has 3 aromatic rings. The van der Waals surface area contributed by atoms with Gasteiger partial charge in [-0.15, -0.1) is 0 Å². The molecule has 0 bridgehead atoms. The lowest BCUT2D eigenvalue weighted by Crippen LogP contribution is -2.31. The van der Waals surface area contributed by atoms with Crippen molar-refractivity contribution in [2.24, 2.45) is 5.92 Å². The number of carbonyl (C=O) groups is 1.